The Labute approximate surface area is 190 Å². The van der Waals surface area contributed by atoms with Crippen molar-refractivity contribution in [3.8, 4) is 28.1 Å². The van der Waals surface area contributed by atoms with Crippen molar-refractivity contribution in [2.24, 2.45) is 0 Å². The molecular formula is C26H22FN3O3. The number of fused-ring (bicyclic) bond motifs is 1. The molecule has 0 bridgehead atoms. The van der Waals surface area contributed by atoms with Gasteiger partial charge in [0.15, 0.2) is 0 Å². The van der Waals surface area contributed by atoms with E-state index in [1.54, 1.807) is 36.4 Å². The van der Waals surface area contributed by atoms with Crippen LogP contribution in [0.3, 0.4) is 0 Å². The molecule has 4 aromatic rings. The van der Waals surface area contributed by atoms with E-state index in [0.29, 0.717) is 36.3 Å². The molecule has 0 atom stereocenters. The summed E-state index contributed by atoms with van der Waals surface area (Å²) in [7, 11) is 2.01. The molecule has 0 radical (unpaired) electrons. The van der Waals surface area contributed by atoms with E-state index >= 15 is 0 Å². The van der Waals surface area contributed by atoms with E-state index in [0.717, 1.165) is 22.5 Å². The van der Waals surface area contributed by atoms with Gasteiger partial charge in [-0.25, -0.2) is 9.18 Å². The number of hydrogen-bond donors (Lipinski definition) is 2. The van der Waals surface area contributed by atoms with Crippen molar-refractivity contribution >= 4 is 5.97 Å². The van der Waals surface area contributed by atoms with Gasteiger partial charge in [-0.1, -0.05) is 30.3 Å². The van der Waals surface area contributed by atoms with Gasteiger partial charge in [0.1, 0.15) is 11.6 Å². The van der Waals surface area contributed by atoms with Gasteiger partial charge in [0, 0.05) is 29.8 Å². The summed E-state index contributed by atoms with van der Waals surface area (Å²) in [5.41, 5.74) is 5.36. The first-order valence-electron chi connectivity index (χ1n) is 10.6. The van der Waals surface area contributed by atoms with Crippen molar-refractivity contribution in [1.29, 1.82) is 0 Å². The van der Waals surface area contributed by atoms with Gasteiger partial charge in [-0.3, -0.25) is 9.58 Å². The van der Waals surface area contributed by atoms with Crippen LogP contribution in [0.1, 0.15) is 27.2 Å². The van der Waals surface area contributed by atoms with Crippen LogP contribution in [-0.4, -0.2) is 37.9 Å². The highest BCUT2D eigenvalue weighted by Crippen LogP contribution is 2.35. The van der Waals surface area contributed by atoms with Crippen LogP contribution in [-0.2, 0) is 19.6 Å². The molecule has 0 amide bonds. The summed E-state index contributed by atoms with van der Waals surface area (Å²) in [5, 5.41) is 24.5. The maximum Gasteiger partial charge on any atom is 0.335 e. The minimum Gasteiger partial charge on any atom is -0.507 e. The lowest BCUT2D eigenvalue weighted by molar-refractivity contribution is 0.0697. The van der Waals surface area contributed by atoms with Crippen LogP contribution < -0.4 is 0 Å². The van der Waals surface area contributed by atoms with Crippen LogP contribution in [0.5, 0.6) is 5.75 Å². The summed E-state index contributed by atoms with van der Waals surface area (Å²) < 4.78 is 16.6. The number of hydrogen-bond acceptors (Lipinski definition) is 4. The number of aromatic hydroxyl groups is 1. The lowest BCUT2D eigenvalue weighted by Crippen LogP contribution is -2.13. The lowest BCUT2D eigenvalue weighted by atomic mass is 9.99. The third kappa shape index (κ3) is 3.87. The van der Waals surface area contributed by atoms with Crippen molar-refractivity contribution in [3.63, 3.8) is 0 Å². The van der Waals surface area contributed by atoms with Crippen molar-refractivity contribution in [2.45, 2.75) is 19.6 Å². The van der Waals surface area contributed by atoms with Crippen molar-refractivity contribution < 1.29 is 19.4 Å². The van der Waals surface area contributed by atoms with Gasteiger partial charge >= 0.3 is 5.97 Å². The van der Waals surface area contributed by atoms with Gasteiger partial charge in [-0.2, -0.15) is 5.10 Å². The van der Waals surface area contributed by atoms with E-state index in [2.05, 4.69) is 4.90 Å². The first-order valence-corrected chi connectivity index (χ1v) is 10.6. The van der Waals surface area contributed by atoms with Gasteiger partial charge in [-0.05, 0) is 54.6 Å². The molecule has 6 nitrogen and oxygen atoms in total. The standard InChI is InChI=1S/C26H22FN3O3/c1-29-14-21-23(15-29)28-30(25(21)19-7-2-3-8-22(19)27)13-16-9-10-24(31)20(11-16)17-5-4-6-18(12-17)26(32)33/h2-12,31H,13-15H2,1H3,(H,32,33). The van der Waals surface area contributed by atoms with E-state index in [-0.39, 0.29) is 17.1 Å². The monoisotopic (exact) mass is 443 g/mol. The van der Waals surface area contributed by atoms with Crippen molar-refractivity contribution in [2.75, 3.05) is 7.05 Å². The van der Waals surface area contributed by atoms with E-state index < -0.39 is 5.97 Å². The summed E-state index contributed by atoms with van der Waals surface area (Å²) in [4.78, 5) is 13.5. The fraction of sp³-hybridized carbons (Fsp3) is 0.154. The van der Waals surface area contributed by atoms with Gasteiger partial charge in [0.25, 0.3) is 0 Å². The van der Waals surface area contributed by atoms with Crippen LogP contribution in [0.15, 0.2) is 66.7 Å². The number of carboxylic acids is 1. The average molecular weight is 443 g/mol. The zero-order valence-corrected chi connectivity index (χ0v) is 18.0. The number of rotatable bonds is 5. The molecule has 1 aliphatic heterocycles. The number of aromatic carboxylic acids is 1. The zero-order valence-electron chi connectivity index (χ0n) is 18.0. The third-order valence-corrected chi connectivity index (χ3v) is 5.92. The molecule has 0 saturated heterocycles. The number of carbonyl (C=O) groups is 1. The number of carboxylic acid groups (broad SMARTS) is 1. The molecule has 7 heteroatoms. The molecule has 0 unspecified atom stereocenters. The van der Waals surface area contributed by atoms with Crippen LogP contribution in [0, 0.1) is 5.82 Å². The molecule has 33 heavy (non-hydrogen) atoms. The van der Waals surface area contributed by atoms with Gasteiger partial charge in [-0.15, -0.1) is 0 Å². The Bertz CT molecular complexity index is 1380. The first-order chi connectivity index (χ1) is 15.9. The summed E-state index contributed by atoms with van der Waals surface area (Å²) in [6, 6.07) is 18.4. The Kier molecular flexibility index (Phi) is 5.18. The van der Waals surface area contributed by atoms with Crippen molar-refractivity contribution in [1.82, 2.24) is 14.7 Å². The number of benzene rings is 3. The molecule has 1 aromatic heterocycles. The maximum absolute atomic E-state index is 14.7. The van der Waals surface area contributed by atoms with E-state index in [1.165, 1.54) is 18.2 Å². The molecule has 166 valence electrons. The topological polar surface area (TPSA) is 78.6 Å². The quantitative estimate of drug-likeness (QED) is 0.465. The zero-order chi connectivity index (χ0) is 23.1. The maximum atomic E-state index is 14.7. The Balaban J connectivity index is 1.57. The highest BCUT2D eigenvalue weighted by molar-refractivity contribution is 5.89. The molecule has 5 rings (SSSR count). The smallest absolute Gasteiger partial charge is 0.335 e. The van der Waals surface area contributed by atoms with Gasteiger partial charge in [0.2, 0.25) is 0 Å². The van der Waals surface area contributed by atoms with Crippen LogP contribution in [0.2, 0.25) is 0 Å². The average Bonchev–Trinajstić information content (AvgIpc) is 3.31. The van der Waals surface area contributed by atoms with Gasteiger partial charge in [0.05, 0.1) is 23.5 Å². The Hall–Kier alpha value is -3.97. The highest BCUT2D eigenvalue weighted by Gasteiger charge is 2.27. The van der Waals surface area contributed by atoms with E-state index in [1.807, 2.05) is 23.9 Å². The molecule has 2 heterocycles. The van der Waals surface area contributed by atoms with E-state index in [9.17, 15) is 19.4 Å². The minimum atomic E-state index is -1.03. The molecule has 1 aliphatic rings. The van der Waals surface area contributed by atoms with Crippen LogP contribution in [0.25, 0.3) is 22.4 Å². The summed E-state index contributed by atoms with van der Waals surface area (Å²) in [6.45, 7) is 1.78. The van der Waals surface area contributed by atoms with Gasteiger partial charge < -0.3 is 10.2 Å². The summed E-state index contributed by atoms with van der Waals surface area (Å²) >= 11 is 0. The second-order valence-electron chi connectivity index (χ2n) is 8.32. The minimum absolute atomic E-state index is 0.0557. The van der Waals surface area contributed by atoms with E-state index in [4.69, 9.17) is 5.10 Å². The number of phenolic OH excluding ortho intramolecular Hbond substituents is 1. The first kappa shape index (κ1) is 20.9. The molecule has 0 aliphatic carbocycles. The fourth-order valence-corrected chi connectivity index (χ4v) is 4.40. The molecule has 0 spiro atoms. The summed E-state index contributed by atoms with van der Waals surface area (Å²) in [6.07, 6.45) is 0. The Morgan fingerprint density at radius 1 is 1.03 bits per heavy atom. The normalized spacial score (nSPS) is 13.3. The molecule has 3 aromatic carbocycles. The second-order valence-corrected chi connectivity index (χ2v) is 8.32. The Morgan fingerprint density at radius 2 is 1.85 bits per heavy atom. The third-order valence-electron chi connectivity index (χ3n) is 5.92. The SMILES string of the molecule is CN1Cc2nn(Cc3ccc(O)c(-c4cccc(C(=O)O)c4)c3)c(-c3ccccc3F)c2C1. The number of phenols is 1. The predicted octanol–water partition coefficient (Wildman–Crippen LogP) is 4.75. The lowest BCUT2D eigenvalue weighted by Gasteiger charge is -2.14. The Morgan fingerprint density at radius 3 is 2.64 bits per heavy atom. The number of aromatic nitrogens is 2. The molecule has 0 saturated carbocycles. The van der Waals surface area contributed by atoms with Crippen LogP contribution in [0.4, 0.5) is 4.39 Å². The summed E-state index contributed by atoms with van der Waals surface area (Å²) in [5.74, 6) is -1.27. The predicted molar refractivity (Wildman–Crippen MR) is 122 cm³/mol. The number of halogens is 1. The molecule has 0 fully saturated rings. The molecular weight excluding hydrogens is 421 g/mol. The molecule has 2 N–H and O–H groups in total. The van der Waals surface area contributed by atoms with Crippen LogP contribution >= 0.6 is 0 Å². The number of nitrogens with zero attached hydrogens (tertiary/aromatic N) is 3. The second kappa shape index (κ2) is 8.18. The highest BCUT2D eigenvalue weighted by atomic mass is 19.1. The fourth-order valence-electron chi connectivity index (χ4n) is 4.40. The largest absolute Gasteiger partial charge is 0.507 e. The van der Waals surface area contributed by atoms with Crippen molar-refractivity contribution in [3.05, 3.63) is 94.9 Å².